The Morgan fingerprint density at radius 1 is 1.23 bits per heavy atom. The number of anilines is 1. The normalized spacial score (nSPS) is 21.3. The Morgan fingerprint density at radius 3 is 2.71 bits per heavy atom. The lowest BCUT2D eigenvalue weighted by Crippen LogP contribution is -2.51. The van der Waals surface area contributed by atoms with E-state index in [-0.39, 0.29) is 11.5 Å². The highest BCUT2D eigenvalue weighted by atomic mass is 16.5. The summed E-state index contributed by atoms with van der Waals surface area (Å²) in [5.74, 6) is 0.921. The number of hydrogen-bond acceptors (Lipinski definition) is 8. The van der Waals surface area contributed by atoms with Gasteiger partial charge in [-0.15, -0.1) is 0 Å². The van der Waals surface area contributed by atoms with E-state index in [2.05, 4.69) is 51.8 Å². The largest absolute Gasteiger partial charge is 0.387 e. The van der Waals surface area contributed by atoms with Crippen LogP contribution >= 0.6 is 0 Å². The molecule has 4 heterocycles. The van der Waals surface area contributed by atoms with Crippen LogP contribution < -0.4 is 10.6 Å². The number of carbonyl (C=O) groups excluding carboxylic acids is 1. The summed E-state index contributed by atoms with van der Waals surface area (Å²) in [7, 11) is 0. The van der Waals surface area contributed by atoms with Crippen molar-refractivity contribution in [3.05, 3.63) is 48.3 Å². The Morgan fingerprint density at radius 2 is 2.00 bits per heavy atom. The summed E-state index contributed by atoms with van der Waals surface area (Å²) in [6, 6.07) is 10.5. The van der Waals surface area contributed by atoms with E-state index in [1.165, 1.54) is 5.56 Å². The van der Waals surface area contributed by atoms with Crippen LogP contribution in [0.5, 0.6) is 0 Å². The summed E-state index contributed by atoms with van der Waals surface area (Å²) in [5, 5.41) is 15.9. The second kappa shape index (κ2) is 10.2. The smallest absolute Gasteiger partial charge is 0.248 e. The molecular formula is C26H32N6O3. The first-order valence-electron chi connectivity index (χ1n) is 12.2. The van der Waals surface area contributed by atoms with Crippen LogP contribution in [0.2, 0.25) is 0 Å². The first-order chi connectivity index (χ1) is 17.0. The number of aliphatic hydroxyl groups is 1. The molecule has 1 amide bonds. The van der Waals surface area contributed by atoms with Gasteiger partial charge in [-0.2, -0.15) is 0 Å². The molecule has 35 heavy (non-hydrogen) atoms. The van der Waals surface area contributed by atoms with Crippen molar-refractivity contribution in [3.8, 4) is 11.3 Å². The number of nitrogens with one attached hydrogen (secondary N) is 2. The number of hydrogen-bond donors (Lipinski definition) is 3. The Hall–Kier alpha value is -3.14. The van der Waals surface area contributed by atoms with E-state index in [9.17, 15) is 4.79 Å². The standard InChI is InChI=1S/C26H32N6O3/c1-26(16-27-10-13-35-26)17-30-25-24-22(28-8-9-29-24)14-21(31-25)20-4-2-18(3-5-20)19-6-11-32(12-7-19)23(34)15-33/h2-5,8-9,14,19,27,33H,6-7,10-13,15-17H2,1H3,(H,30,31)/t26-/m1/s1. The molecule has 0 aliphatic carbocycles. The number of pyridine rings is 1. The second-order valence-electron chi connectivity index (χ2n) is 9.54. The molecule has 0 bridgehead atoms. The van der Waals surface area contributed by atoms with Gasteiger partial charge in [0.2, 0.25) is 5.91 Å². The van der Waals surface area contributed by atoms with Gasteiger partial charge in [-0.3, -0.25) is 9.78 Å². The van der Waals surface area contributed by atoms with Crippen LogP contribution in [0.15, 0.2) is 42.7 Å². The highest BCUT2D eigenvalue weighted by Crippen LogP contribution is 2.31. The molecule has 1 atom stereocenters. The van der Waals surface area contributed by atoms with Crippen molar-refractivity contribution in [2.75, 3.05) is 51.3 Å². The fourth-order valence-electron chi connectivity index (χ4n) is 4.89. The zero-order valence-electron chi connectivity index (χ0n) is 20.0. The van der Waals surface area contributed by atoms with Crippen LogP contribution in [0.4, 0.5) is 5.82 Å². The number of carbonyl (C=O) groups is 1. The quantitative estimate of drug-likeness (QED) is 0.496. The predicted molar refractivity (Wildman–Crippen MR) is 134 cm³/mol. The minimum Gasteiger partial charge on any atom is -0.387 e. The molecule has 2 fully saturated rings. The van der Waals surface area contributed by atoms with Crippen molar-refractivity contribution < 1.29 is 14.6 Å². The summed E-state index contributed by atoms with van der Waals surface area (Å²) in [6.07, 6.45) is 5.18. The molecule has 0 radical (unpaired) electrons. The maximum atomic E-state index is 11.7. The van der Waals surface area contributed by atoms with Gasteiger partial charge in [0.05, 0.1) is 23.4 Å². The topological polar surface area (TPSA) is 113 Å². The van der Waals surface area contributed by atoms with Gasteiger partial charge < -0.3 is 25.4 Å². The zero-order valence-corrected chi connectivity index (χ0v) is 20.0. The lowest BCUT2D eigenvalue weighted by molar-refractivity contribution is -0.135. The monoisotopic (exact) mass is 476 g/mol. The molecule has 9 nitrogen and oxygen atoms in total. The average Bonchev–Trinajstić information content (AvgIpc) is 2.92. The molecular weight excluding hydrogens is 444 g/mol. The molecule has 0 spiro atoms. The van der Waals surface area contributed by atoms with Gasteiger partial charge in [-0.05, 0) is 37.3 Å². The van der Waals surface area contributed by atoms with E-state index in [4.69, 9.17) is 14.8 Å². The fourth-order valence-corrected chi connectivity index (χ4v) is 4.89. The first-order valence-corrected chi connectivity index (χ1v) is 12.2. The number of rotatable bonds is 6. The van der Waals surface area contributed by atoms with E-state index in [0.29, 0.717) is 38.0 Å². The van der Waals surface area contributed by atoms with Crippen LogP contribution in [0.1, 0.15) is 31.2 Å². The number of likely N-dealkylation sites (tertiary alicyclic amines) is 1. The van der Waals surface area contributed by atoms with Crippen LogP contribution in [0.3, 0.4) is 0 Å². The summed E-state index contributed by atoms with van der Waals surface area (Å²) in [5.41, 5.74) is 4.33. The number of morpholine rings is 1. The third-order valence-electron chi connectivity index (χ3n) is 6.98. The Balaban J connectivity index is 1.34. The van der Waals surface area contributed by atoms with Crippen LogP contribution in [-0.4, -0.2) is 82.4 Å². The number of nitrogens with zero attached hydrogens (tertiary/aromatic N) is 4. The van der Waals surface area contributed by atoms with E-state index in [1.807, 2.05) is 6.07 Å². The van der Waals surface area contributed by atoms with Crippen molar-refractivity contribution >= 4 is 22.8 Å². The highest BCUT2D eigenvalue weighted by Gasteiger charge is 2.28. The van der Waals surface area contributed by atoms with Crippen LogP contribution in [-0.2, 0) is 9.53 Å². The molecule has 3 N–H and O–H groups in total. The van der Waals surface area contributed by atoms with Crippen LogP contribution in [0, 0.1) is 0 Å². The average molecular weight is 477 g/mol. The summed E-state index contributed by atoms with van der Waals surface area (Å²) >= 11 is 0. The van der Waals surface area contributed by atoms with Gasteiger partial charge in [0, 0.05) is 50.7 Å². The SMILES string of the molecule is C[C@]1(CNc2nc(-c3ccc(C4CCN(C(=O)CO)CC4)cc3)cc3nccnc23)CNCCO1. The van der Waals surface area contributed by atoms with Crippen molar-refractivity contribution in [1.29, 1.82) is 0 Å². The number of amides is 1. The lowest BCUT2D eigenvalue weighted by atomic mass is 9.88. The number of aromatic nitrogens is 3. The van der Waals surface area contributed by atoms with E-state index < -0.39 is 6.61 Å². The van der Waals surface area contributed by atoms with E-state index >= 15 is 0 Å². The number of ether oxygens (including phenoxy) is 1. The Bertz CT molecular complexity index is 1170. The molecule has 1 aromatic carbocycles. The third-order valence-corrected chi connectivity index (χ3v) is 6.98. The van der Waals surface area contributed by atoms with Crippen molar-refractivity contribution in [3.63, 3.8) is 0 Å². The number of piperidine rings is 1. The van der Waals surface area contributed by atoms with Crippen molar-refractivity contribution in [2.45, 2.75) is 31.3 Å². The van der Waals surface area contributed by atoms with E-state index in [0.717, 1.165) is 48.2 Å². The highest BCUT2D eigenvalue weighted by molar-refractivity contribution is 5.88. The molecule has 0 unspecified atom stereocenters. The summed E-state index contributed by atoms with van der Waals surface area (Å²) in [4.78, 5) is 27.4. The Kier molecular flexibility index (Phi) is 6.90. The molecule has 2 aliphatic rings. The van der Waals surface area contributed by atoms with Crippen LogP contribution in [0.25, 0.3) is 22.3 Å². The molecule has 2 saturated heterocycles. The van der Waals surface area contributed by atoms with Gasteiger partial charge in [-0.25, -0.2) is 9.97 Å². The lowest BCUT2D eigenvalue weighted by Gasteiger charge is -2.34. The summed E-state index contributed by atoms with van der Waals surface area (Å²) in [6.45, 7) is 5.99. The summed E-state index contributed by atoms with van der Waals surface area (Å²) < 4.78 is 5.99. The third kappa shape index (κ3) is 5.27. The molecule has 184 valence electrons. The fraction of sp³-hybridized carbons (Fsp3) is 0.462. The van der Waals surface area contributed by atoms with Gasteiger partial charge in [0.1, 0.15) is 12.1 Å². The predicted octanol–water partition coefficient (Wildman–Crippen LogP) is 2.18. The van der Waals surface area contributed by atoms with Crippen molar-refractivity contribution in [1.82, 2.24) is 25.2 Å². The van der Waals surface area contributed by atoms with Gasteiger partial charge in [0.15, 0.2) is 5.82 Å². The first kappa shape index (κ1) is 23.6. The maximum Gasteiger partial charge on any atom is 0.248 e. The minimum atomic E-state index is -0.414. The minimum absolute atomic E-state index is 0.186. The molecule has 9 heteroatoms. The Labute approximate surface area is 204 Å². The zero-order chi connectivity index (χ0) is 24.3. The maximum absolute atomic E-state index is 11.7. The van der Waals surface area contributed by atoms with Gasteiger partial charge in [-0.1, -0.05) is 24.3 Å². The van der Waals surface area contributed by atoms with Gasteiger partial charge in [0.25, 0.3) is 0 Å². The number of fused-ring (bicyclic) bond motifs is 1. The number of aliphatic hydroxyl groups excluding tert-OH is 1. The van der Waals surface area contributed by atoms with Gasteiger partial charge >= 0.3 is 0 Å². The second-order valence-corrected chi connectivity index (χ2v) is 9.54. The van der Waals surface area contributed by atoms with E-state index in [1.54, 1.807) is 17.3 Å². The molecule has 3 aromatic rings. The molecule has 0 saturated carbocycles. The molecule has 5 rings (SSSR count). The molecule has 2 aliphatic heterocycles. The van der Waals surface area contributed by atoms with Crippen molar-refractivity contribution in [2.24, 2.45) is 0 Å². The number of benzene rings is 1. The molecule has 2 aromatic heterocycles.